The molecule has 0 unspecified atom stereocenters. The highest BCUT2D eigenvalue weighted by atomic mass is 16.5. The number of nitrogen functional groups attached to an aromatic ring is 1. The van der Waals surface area contributed by atoms with E-state index >= 15 is 0 Å². The van der Waals surface area contributed by atoms with Crippen molar-refractivity contribution in [1.82, 2.24) is 19.9 Å². The van der Waals surface area contributed by atoms with Crippen LogP contribution in [-0.4, -0.2) is 53.3 Å². The predicted octanol–water partition coefficient (Wildman–Crippen LogP) is 4.50. The third-order valence-corrected chi connectivity index (χ3v) is 5.77. The fourth-order valence-corrected chi connectivity index (χ4v) is 3.92. The van der Waals surface area contributed by atoms with Gasteiger partial charge in [-0.25, -0.2) is 4.98 Å². The minimum absolute atomic E-state index is 0.191. The van der Waals surface area contributed by atoms with E-state index in [0.717, 1.165) is 72.7 Å². The lowest BCUT2D eigenvalue weighted by Crippen LogP contribution is -2.35. The first kappa shape index (κ1) is 23.5. The molecule has 36 heavy (non-hydrogen) atoms. The van der Waals surface area contributed by atoms with Crippen LogP contribution >= 0.6 is 0 Å². The number of methoxy groups -OCH3 is 1. The number of pyridine rings is 1. The molecule has 4 aromatic rings. The number of rotatable bonds is 8. The monoisotopic (exact) mass is 484 g/mol. The summed E-state index contributed by atoms with van der Waals surface area (Å²) in [6.45, 7) is 4.15. The van der Waals surface area contributed by atoms with Gasteiger partial charge in [-0.2, -0.15) is 4.98 Å². The lowest BCUT2D eigenvalue weighted by atomic mass is 10.1. The second kappa shape index (κ2) is 11.0. The molecule has 0 aliphatic carbocycles. The maximum absolute atomic E-state index is 6.06. The minimum Gasteiger partial charge on any atom is -0.497 e. The molecule has 5 rings (SSSR count). The summed E-state index contributed by atoms with van der Waals surface area (Å²) in [4.78, 5) is 15.5. The van der Waals surface area contributed by atoms with Gasteiger partial charge in [-0.15, -0.1) is 0 Å². The quantitative estimate of drug-likeness (QED) is 0.374. The van der Waals surface area contributed by atoms with Crippen LogP contribution in [0.15, 0.2) is 72.9 Å². The van der Waals surface area contributed by atoms with Crippen LogP contribution in [0.1, 0.15) is 5.69 Å². The molecular weight excluding hydrogens is 456 g/mol. The highest BCUT2D eigenvalue weighted by Crippen LogP contribution is 2.27. The first-order valence-corrected chi connectivity index (χ1v) is 11.7. The van der Waals surface area contributed by atoms with Crippen LogP contribution in [0.2, 0.25) is 0 Å². The van der Waals surface area contributed by atoms with Crippen LogP contribution in [0.3, 0.4) is 0 Å². The molecule has 9 heteroatoms. The van der Waals surface area contributed by atoms with Crippen molar-refractivity contribution in [1.29, 1.82) is 0 Å². The Bertz CT molecular complexity index is 1290. The van der Waals surface area contributed by atoms with Crippen molar-refractivity contribution in [3.63, 3.8) is 0 Å². The van der Waals surface area contributed by atoms with Crippen molar-refractivity contribution in [2.45, 2.75) is 6.54 Å². The molecule has 9 nitrogen and oxygen atoms in total. The Hall–Kier alpha value is -4.21. The maximum atomic E-state index is 6.06. The third-order valence-electron chi connectivity index (χ3n) is 5.77. The van der Waals surface area contributed by atoms with Crippen molar-refractivity contribution in [2.75, 3.05) is 44.5 Å². The summed E-state index contributed by atoms with van der Waals surface area (Å²) < 4.78 is 16.7. The zero-order valence-electron chi connectivity index (χ0n) is 20.1. The fourth-order valence-electron chi connectivity index (χ4n) is 3.92. The SMILES string of the molecule is COc1ccc(-c2cc(Nc3ccc(Oc4ccnc(CN5CCOCC5)c4)cc3)nc(N)n2)cc1. The van der Waals surface area contributed by atoms with E-state index in [2.05, 4.69) is 25.2 Å². The Balaban J connectivity index is 1.24. The molecule has 1 fully saturated rings. The standard InChI is InChI=1S/C27H28N6O3/c1-34-22-6-2-19(3-7-22)25-17-26(32-27(28)31-25)30-20-4-8-23(9-5-20)36-24-10-11-29-21(16-24)18-33-12-14-35-15-13-33/h2-11,16-17H,12-15,18H2,1H3,(H3,28,30,31,32). The van der Waals surface area contributed by atoms with Crippen LogP contribution in [-0.2, 0) is 11.3 Å². The van der Waals surface area contributed by atoms with Crippen molar-refractivity contribution >= 4 is 17.5 Å². The van der Waals surface area contributed by atoms with Gasteiger partial charge in [0.25, 0.3) is 0 Å². The van der Waals surface area contributed by atoms with Gasteiger partial charge < -0.3 is 25.3 Å². The van der Waals surface area contributed by atoms with Gasteiger partial charge in [0.1, 0.15) is 23.1 Å². The Labute approximate surface area is 209 Å². The first-order valence-electron chi connectivity index (χ1n) is 11.7. The van der Waals surface area contributed by atoms with Gasteiger partial charge >= 0.3 is 0 Å². The second-order valence-corrected chi connectivity index (χ2v) is 8.35. The molecule has 0 amide bonds. The summed E-state index contributed by atoms with van der Waals surface area (Å²) in [5.41, 5.74) is 9.43. The number of nitrogens with one attached hydrogen (secondary N) is 1. The van der Waals surface area contributed by atoms with Crippen LogP contribution in [0.5, 0.6) is 17.2 Å². The summed E-state index contributed by atoms with van der Waals surface area (Å²) in [6.07, 6.45) is 1.78. The third kappa shape index (κ3) is 6.07. The Kier molecular flexibility index (Phi) is 7.20. The molecule has 184 valence electrons. The van der Waals surface area contributed by atoms with Gasteiger partial charge in [0.05, 0.1) is 31.7 Å². The number of ether oxygens (including phenoxy) is 3. The van der Waals surface area contributed by atoms with Gasteiger partial charge in [-0.05, 0) is 54.6 Å². The van der Waals surface area contributed by atoms with Gasteiger partial charge in [-0.3, -0.25) is 9.88 Å². The van der Waals surface area contributed by atoms with Crippen molar-refractivity contribution < 1.29 is 14.2 Å². The van der Waals surface area contributed by atoms with E-state index in [1.807, 2.05) is 66.7 Å². The Morgan fingerprint density at radius 3 is 2.42 bits per heavy atom. The number of morpholine rings is 1. The largest absolute Gasteiger partial charge is 0.497 e. The molecular formula is C27H28N6O3. The van der Waals surface area contributed by atoms with Gasteiger partial charge in [0.15, 0.2) is 0 Å². The van der Waals surface area contributed by atoms with Crippen molar-refractivity contribution in [3.05, 3.63) is 78.6 Å². The topological polar surface area (TPSA) is 108 Å². The van der Waals surface area contributed by atoms with E-state index in [-0.39, 0.29) is 5.95 Å². The van der Waals surface area contributed by atoms with Crippen LogP contribution in [0.4, 0.5) is 17.5 Å². The Morgan fingerprint density at radius 2 is 1.67 bits per heavy atom. The number of hydrogen-bond acceptors (Lipinski definition) is 9. The molecule has 0 spiro atoms. The highest BCUT2D eigenvalue weighted by Gasteiger charge is 2.12. The molecule has 3 N–H and O–H groups in total. The average Bonchev–Trinajstić information content (AvgIpc) is 2.90. The average molecular weight is 485 g/mol. The summed E-state index contributed by atoms with van der Waals surface area (Å²) in [6, 6.07) is 21.0. The number of hydrogen-bond donors (Lipinski definition) is 2. The smallest absolute Gasteiger partial charge is 0.222 e. The molecule has 1 aliphatic heterocycles. The number of aromatic nitrogens is 3. The zero-order valence-corrected chi connectivity index (χ0v) is 20.1. The number of anilines is 3. The summed E-state index contributed by atoms with van der Waals surface area (Å²) in [7, 11) is 1.64. The highest BCUT2D eigenvalue weighted by molar-refractivity contribution is 5.67. The minimum atomic E-state index is 0.191. The second-order valence-electron chi connectivity index (χ2n) is 8.35. The van der Waals surface area contributed by atoms with E-state index in [9.17, 15) is 0 Å². The molecule has 1 saturated heterocycles. The van der Waals surface area contributed by atoms with Gasteiger partial charge in [-0.1, -0.05) is 0 Å². The number of nitrogens with zero attached hydrogens (tertiary/aromatic N) is 4. The van der Waals surface area contributed by atoms with E-state index in [4.69, 9.17) is 19.9 Å². The summed E-state index contributed by atoms with van der Waals surface area (Å²) >= 11 is 0. The van der Waals surface area contributed by atoms with E-state index in [1.165, 1.54) is 0 Å². The van der Waals surface area contributed by atoms with Crippen LogP contribution < -0.4 is 20.5 Å². The van der Waals surface area contributed by atoms with Gasteiger partial charge in [0, 0.05) is 49.2 Å². The molecule has 0 saturated carbocycles. The fraction of sp³-hybridized carbons (Fsp3) is 0.222. The van der Waals surface area contributed by atoms with Crippen molar-refractivity contribution in [3.8, 4) is 28.5 Å². The molecule has 0 atom stereocenters. The normalized spacial score (nSPS) is 13.8. The molecule has 2 aromatic carbocycles. The summed E-state index contributed by atoms with van der Waals surface area (Å²) in [5.74, 6) is 3.05. The van der Waals surface area contributed by atoms with Crippen LogP contribution in [0, 0.1) is 0 Å². The molecule has 0 bridgehead atoms. The van der Waals surface area contributed by atoms with Crippen molar-refractivity contribution in [2.24, 2.45) is 0 Å². The van der Waals surface area contributed by atoms with E-state index in [0.29, 0.717) is 5.82 Å². The molecule has 1 aliphatic rings. The molecule has 2 aromatic heterocycles. The van der Waals surface area contributed by atoms with E-state index < -0.39 is 0 Å². The lowest BCUT2D eigenvalue weighted by Gasteiger charge is -2.26. The van der Waals surface area contributed by atoms with Crippen LogP contribution in [0.25, 0.3) is 11.3 Å². The first-order chi connectivity index (χ1) is 17.6. The maximum Gasteiger partial charge on any atom is 0.222 e. The number of benzene rings is 2. The number of nitrogens with two attached hydrogens (primary N) is 1. The zero-order chi connectivity index (χ0) is 24.7. The predicted molar refractivity (Wildman–Crippen MR) is 139 cm³/mol. The molecule has 3 heterocycles. The Morgan fingerprint density at radius 1 is 0.917 bits per heavy atom. The molecule has 0 radical (unpaired) electrons. The summed E-state index contributed by atoms with van der Waals surface area (Å²) in [5, 5.41) is 3.29. The van der Waals surface area contributed by atoms with Gasteiger partial charge in [0.2, 0.25) is 5.95 Å². The lowest BCUT2D eigenvalue weighted by molar-refractivity contribution is 0.0336. The van der Waals surface area contributed by atoms with E-state index in [1.54, 1.807) is 13.3 Å².